The molecule has 1 fully saturated rings. The molecular formula is C30H42N2O7. The Balaban J connectivity index is 0.923. The van der Waals surface area contributed by atoms with Crippen molar-refractivity contribution in [1.29, 1.82) is 0 Å². The van der Waals surface area contributed by atoms with Gasteiger partial charge in [0.2, 0.25) is 0 Å². The Bertz CT molecular complexity index is 938. The van der Waals surface area contributed by atoms with E-state index < -0.39 is 6.09 Å². The van der Waals surface area contributed by atoms with Gasteiger partial charge in [0.15, 0.2) is 0 Å². The van der Waals surface area contributed by atoms with Gasteiger partial charge in [-0.15, -0.1) is 0 Å². The van der Waals surface area contributed by atoms with Crippen LogP contribution in [-0.2, 0) is 28.4 Å². The Morgan fingerprint density at radius 1 is 0.718 bits per heavy atom. The van der Waals surface area contributed by atoms with Gasteiger partial charge >= 0.3 is 6.09 Å². The molecule has 39 heavy (non-hydrogen) atoms. The number of ether oxygens (including phenoxy) is 6. The first-order valence-electron chi connectivity index (χ1n) is 14.0. The number of hydrogen-bond acceptors (Lipinski definition) is 8. The van der Waals surface area contributed by atoms with E-state index >= 15 is 0 Å². The molecular weight excluding hydrogens is 500 g/mol. The summed E-state index contributed by atoms with van der Waals surface area (Å²) >= 11 is 0. The second-order valence-electron chi connectivity index (χ2n) is 9.52. The average Bonchev–Trinajstić information content (AvgIpc) is 3.30. The average molecular weight is 543 g/mol. The minimum Gasteiger partial charge on any atom is -0.449 e. The molecule has 4 rings (SSSR count). The van der Waals surface area contributed by atoms with Crippen LogP contribution in [0.25, 0.3) is 11.1 Å². The molecule has 0 radical (unpaired) electrons. The van der Waals surface area contributed by atoms with Gasteiger partial charge in [-0.25, -0.2) is 4.79 Å². The smallest absolute Gasteiger partial charge is 0.407 e. The van der Waals surface area contributed by atoms with Gasteiger partial charge in [-0.1, -0.05) is 48.5 Å². The zero-order chi connectivity index (χ0) is 27.0. The van der Waals surface area contributed by atoms with Crippen molar-refractivity contribution in [2.24, 2.45) is 0 Å². The number of carbonyl (C=O) groups excluding carboxylic acids is 1. The van der Waals surface area contributed by atoms with E-state index in [1.54, 1.807) is 0 Å². The van der Waals surface area contributed by atoms with Gasteiger partial charge in [0.1, 0.15) is 6.61 Å². The lowest BCUT2D eigenvalue weighted by Crippen LogP contribution is -2.33. The summed E-state index contributed by atoms with van der Waals surface area (Å²) in [7, 11) is 0. The highest BCUT2D eigenvalue weighted by Crippen LogP contribution is 2.44. The highest BCUT2D eigenvalue weighted by atomic mass is 16.6. The van der Waals surface area contributed by atoms with Crippen molar-refractivity contribution in [2.45, 2.75) is 24.9 Å². The van der Waals surface area contributed by atoms with Gasteiger partial charge in [-0.3, -0.25) is 0 Å². The largest absolute Gasteiger partial charge is 0.449 e. The Morgan fingerprint density at radius 2 is 1.23 bits per heavy atom. The fourth-order valence-electron chi connectivity index (χ4n) is 4.87. The number of benzene rings is 2. The van der Waals surface area contributed by atoms with Crippen LogP contribution >= 0.6 is 0 Å². The molecule has 2 aromatic rings. The van der Waals surface area contributed by atoms with Crippen molar-refractivity contribution in [3.63, 3.8) is 0 Å². The van der Waals surface area contributed by atoms with Gasteiger partial charge < -0.3 is 39.1 Å². The fourth-order valence-corrected chi connectivity index (χ4v) is 4.87. The molecule has 1 heterocycles. The number of alkyl carbamates (subject to hydrolysis) is 1. The summed E-state index contributed by atoms with van der Waals surface area (Å²) in [6.07, 6.45) is 2.08. The summed E-state index contributed by atoms with van der Waals surface area (Å²) in [4.78, 5) is 12.2. The third kappa shape index (κ3) is 9.86. The normalized spacial score (nSPS) is 15.2. The lowest BCUT2D eigenvalue weighted by Gasteiger charge is -2.22. The molecule has 1 aliphatic heterocycles. The molecule has 1 saturated heterocycles. The highest BCUT2D eigenvalue weighted by molar-refractivity contribution is 5.79. The molecule has 1 amide bonds. The van der Waals surface area contributed by atoms with Crippen LogP contribution in [0.1, 0.15) is 29.9 Å². The number of amides is 1. The Morgan fingerprint density at radius 3 is 1.82 bits per heavy atom. The first-order chi connectivity index (χ1) is 19.3. The second-order valence-corrected chi connectivity index (χ2v) is 9.52. The van der Waals surface area contributed by atoms with Crippen LogP contribution in [0.2, 0.25) is 0 Å². The molecule has 9 nitrogen and oxygen atoms in total. The summed E-state index contributed by atoms with van der Waals surface area (Å²) < 4.78 is 33.3. The van der Waals surface area contributed by atoms with E-state index in [2.05, 4.69) is 34.9 Å². The molecule has 0 saturated carbocycles. The van der Waals surface area contributed by atoms with Crippen molar-refractivity contribution >= 4 is 6.09 Å². The van der Waals surface area contributed by atoms with Crippen molar-refractivity contribution < 1.29 is 33.2 Å². The summed E-state index contributed by atoms with van der Waals surface area (Å²) in [5.74, 6) is 0.0525. The Labute approximate surface area is 231 Å². The fraction of sp³-hybridized carbons (Fsp3) is 0.567. The van der Waals surface area contributed by atoms with Crippen LogP contribution in [0, 0.1) is 0 Å². The number of carbonyl (C=O) groups is 1. The van der Waals surface area contributed by atoms with E-state index in [1.807, 2.05) is 24.3 Å². The van der Waals surface area contributed by atoms with Crippen molar-refractivity contribution in [2.75, 3.05) is 85.7 Å². The van der Waals surface area contributed by atoms with Crippen molar-refractivity contribution in [3.05, 3.63) is 59.7 Å². The maximum absolute atomic E-state index is 12.2. The molecule has 0 aromatic heterocycles. The van der Waals surface area contributed by atoms with Gasteiger partial charge in [-0.2, -0.15) is 0 Å². The SMILES string of the molecule is O=C(NCCOCCOCCOCCOCCOC1CCNCC1)OCC1c2ccccc2-c2ccccc21. The number of fused-ring (bicyclic) bond motifs is 3. The number of rotatable bonds is 18. The lowest BCUT2D eigenvalue weighted by molar-refractivity contribution is -0.0279. The zero-order valence-electron chi connectivity index (χ0n) is 22.7. The Kier molecular flexibility index (Phi) is 13.0. The zero-order valence-corrected chi connectivity index (χ0v) is 22.7. The first kappa shape index (κ1) is 29.5. The van der Waals surface area contributed by atoms with Gasteiger partial charge in [0.05, 0.1) is 65.6 Å². The lowest BCUT2D eigenvalue weighted by atomic mass is 9.98. The first-order valence-corrected chi connectivity index (χ1v) is 14.0. The Hall–Kier alpha value is -2.53. The van der Waals surface area contributed by atoms with E-state index in [-0.39, 0.29) is 5.92 Å². The molecule has 2 aliphatic rings. The third-order valence-corrected chi connectivity index (χ3v) is 6.84. The molecule has 2 N–H and O–H groups in total. The predicted molar refractivity (Wildman–Crippen MR) is 148 cm³/mol. The highest BCUT2D eigenvalue weighted by Gasteiger charge is 2.28. The van der Waals surface area contributed by atoms with Crippen LogP contribution in [0.15, 0.2) is 48.5 Å². The van der Waals surface area contributed by atoms with Crippen LogP contribution in [0.3, 0.4) is 0 Å². The molecule has 0 unspecified atom stereocenters. The van der Waals surface area contributed by atoms with Gasteiger partial charge in [-0.05, 0) is 48.2 Å². The van der Waals surface area contributed by atoms with Gasteiger partial charge in [0.25, 0.3) is 0 Å². The van der Waals surface area contributed by atoms with Crippen LogP contribution < -0.4 is 10.6 Å². The van der Waals surface area contributed by atoms with E-state index in [9.17, 15) is 4.79 Å². The molecule has 0 bridgehead atoms. The molecule has 214 valence electrons. The maximum Gasteiger partial charge on any atom is 0.407 e. The third-order valence-electron chi connectivity index (χ3n) is 6.84. The summed E-state index contributed by atoms with van der Waals surface area (Å²) in [6.45, 7) is 7.39. The standard InChI is InChI=1S/C30H42N2O7/c33-30(39-23-29-27-7-3-1-5-25(27)26-6-2-4-8-28(26)29)32-13-14-34-15-16-35-17-18-36-19-20-37-21-22-38-24-9-11-31-12-10-24/h1-8,24,29,31H,9-23H2,(H,32,33). The van der Waals surface area contributed by atoms with E-state index in [0.717, 1.165) is 25.9 Å². The number of nitrogens with one attached hydrogen (secondary N) is 2. The topological polar surface area (TPSA) is 96.5 Å². The molecule has 1 aliphatic carbocycles. The molecule has 0 atom stereocenters. The van der Waals surface area contributed by atoms with Crippen molar-refractivity contribution in [3.8, 4) is 11.1 Å². The molecule has 0 spiro atoms. The summed E-state index contributed by atoms with van der Waals surface area (Å²) in [6, 6.07) is 16.6. The number of piperidine rings is 1. The van der Waals surface area contributed by atoms with E-state index in [4.69, 9.17) is 28.4 Å². The van der Waals surface area contributed by atoms with Crippen LogP contribution in [0.5, 0.6) is 0 Å². The monoisotopic (exact) mass is 542 g/mol. The maximum atomic E-state index is 12.2. The van der Waals surface area contributed by atoms with Crippen LogP contribution in [-0.4, -0.2) is 97.9 Å². The minimum absolute atomic E-state index is 0.0525. The van der Waals surface area contributed by atoms with Crippen molar-refractivity contribution in [1.82, 2.24) is 10.6 Å². The number of hydrogen-bond donors (Lipinski definition) is 2. The minimum atomic E-state index is -0.438. The quantitative estimate of drug-likeness (QED) is 0.277. The summed E-state index contributed by atoms with van der Waals surface area (Å²) in [5, 5.41) is 6.07. The van der Waals surface area contributed by atoms with E-state index in [1.165, 1.54) is 22.3 Å². The predicted octanol–water partition coefficient (Wildman–Crippen LogP) is 3.36. The summed E-state index contributed by atoms with van der Waals surface area (Å²) in [5.41, 5.74) is 4.81. The van der Waals surface area contributed by atoms with E-state index in [0.29, 0.717) is 78.7 Å². The van der Waals surface area contributed by atoms with Gasteiger partial charge in [0, 0.05) is 12.5 Å². The molecule has 9 heteroatoms. The second kappa shape index (κ2) is 17.2. The molecule has 2 aromatic carbocycles. The van der Waals surface area contributed by atoms with Crippen LogP contribution in [0.4, 0.5) is 4.79 Å².